The zero-order valence-corrected chi connectivity index (χ0v) is 22.3. The molecule has 1 aromatic carbocycles. The maximum atomic E-state index is 13.0. The van der Waals surface area contributed by atoms with Crippen molar-refractivity contribution in [1.29, 1.82) is 0 Å². The normalized spacial score (nSPS) is 18.8. The monoisotopic (exact) mass is 510 g/mol. The largest absolute Gasteiger partial charge is 0.496 e. The van der Waals surface area contributed by atoms with Crippen LogP contribution in [0.2, 0.25) is 0 Å². The van der Waals surface area contributed by atoms with Gasteiger partial charge in [-0.05, 0) is 29.7 Å². The summed E-state index contributed by atoms with van der Waals surface area (Å²) in [5.41, 5.74) is 4.54. The number of benzene rings is 1. The molecule has 2 amide bonds. The van der Waals surface area contributed by atoms with E-state index in [1.165, 1.54) is 0 Å². The Hall–Kier alpha value is -3.08. The van der Waals surface area contributed by atoms with Crippen molar-refractivity contribution >= 4 is 6.03 Å². The number of nitrogens with one attached hydrogen (secondary N) is 2. The number of rotatable bonds is 6. The van der Waals surface area contributed by atoms with Crippen LogP contribution in [0.3, 0.4) is 0 Å². The van der Waals surface area contributed by atoms with Gasteiger partial charge in [0.05, 0.1) is 26.3 Å². The first kappa shape index (κ1) is 25.6. The molecule has 10 heteroatoms. The van der Waals surface area contributed by atoms with Gasteiger partial charge in [0.15, 0.2) is 0 Å². The molecule has 10 nitrogen and oxygen atoms in total. The maximum Gasteiger partial charge on any atom is 0.317 e. The molecule has 0 spiro atoms. The zero-order valence-electron chi connectivity index (χ0n) is 22.3. The summed E-state index contributed by atoms with van der Waals surface area (Å²) in [7, 11) is 6.76. The van der Waals surface area contributed by atoms with E-state index in [1.807, 2.05) is 6.20 Å². The average Bonchev–Trinajstić information content (AvgIpc) is 2.90. The third kappa shape index (κ3) is 4.93. The highest BCUT2D eigenvalue weighted by atomic mass is 16.5. The number of aryl methyl sites for hydroxylation is 1. The summed E-state index contributed by atoms with van der Waals surface area (Å²) >= 11 is 0. The van der Waals surface area contributed by atoms with Crippen LogP contribution in [0.1, 0.15) is 16.7 Å². The molecule has 2 N–H and O–H groups in total. The van der Waals surface area contributed by atoms with Crippen LogP contribution < -0.4 is 25.7 Å². The van der Waals surface area contributed by atoms with Crippen LogP contribution >= 0.6 is 0 Å². The van der Waals surface area contributed by atoms with Gasteiger partial charge in [0.2, 0.25) is 0 Å². The molecule has 3 aliphatic rings. The van der Waals surface area contributed by atoms with Crippen LogP contribution in [0.15, 0.2) is 23.1 Å². The number of aromatic nitrogens is 1. The predicted molar refractivity (Wildman–Crippen MR) is 142 cm³/mol. The minimum absolute atomic E-state index is 0.0697. The first-order valence-corrected chi connectivity index (χ1v) is 13.0. The molecule has 0 unspecified atom stereocenters. The van der Waals surface area contributed by atoms with E-state index in [1.54, 1.807) is 37.8 Å². The lowest BCUT2D eigenvalue weighted by atomic mass is 9.91. The lowest BCUT2D eigenvalue weighted by molar-refractivity contribution is 0.0688. The average molecular weight is 511 g/mol. The third-order valence-electron chi connectivity index (χ3n) is 8.06. The minimum atomic E-state index is -0.170. The van der Waals surface area contributed by atoms with Crippen LogP contribution in [-0.2, 0) is 26.6 Å². The summed E-state index contributed by atoms with van der Waals surface area (Å²) in [6, 6.07) is 4.62. The Balaban J connectivity index is 1.44. The van der Waals surface area contributed by atoms with E-state index < -0.39 is 0 Å². The number of hydrogen-bond acceptors (Lipinski definition) is 7. The molecule has 3 aliphatic heterocycles. The Bertz CT molecular complexity index is 1190. The van der Waals surface area contributed by atoms with Gasteiger partial charge < -0.3 is 29.6 Å². The van der Waals surface area contributed by atoms with Crippen LogP contribution in [0.5, 0.6) is 11.5 Å². The smallest absolute Gasteiger partial charge is 0.317 e. The molecule has 0 aliphatic carbocycles. The highest BCUT2D eigenvalue weighted by Crippen LogP contribution is 2.38. The molecular weight excluding hydrogens is 472 g/mol. The Morgan fingerprint density at radius 1 is 1.05 bits per heavy atom. The fourth-order valence-electron chi connectivity index (χ4n) is 5.72. The summed E-state index contributed by atoms with van der Waals surface area (Å²) in [4.78, 5) is 32.0. The number of ether oxygens (including phenoxy) is 2. The number of amides is 2. The minimum Gasteiger partial charge on any atom is -0.496 e. The van der Waals surface area contributed by atoms with Gasteiger partial charge in [-0.3, -0.25) is 14.6 Å². The molecule has 2 aromatic rings. The highest BCUT2D eigenvalue weighted by molar-refractivity contribution is 5.76. The van der Waals surface area contributed by atoms with E-state index in [-0.39, 0.29) is 11.6 Å². The number of fused-ring (bicyclic) bond motifs is 1. The van der Waals surface area contributed by atoms with Gasteiger partial charge in [-0.2, -0.15) is 0 Å². The second kappa shape index (κ2) is 10.7. The number of piperazine rings is 1. The summed E-state index contributed by atoms with van der Waals surface area (Å²) in [5.74, 6) is 1.57. The van der Waals surface area contributed by atoms with Crippen LogP contribution in [0, 0.1) is 0 Å². The van der Waals surface area contributed by atoms with E-state index in [2.05, 4.69) is 32.6 Å². The second-order valence-corrected chi connectivity index (χ2v) is 10.1. The van der Waals surface area contributed by atoms with Gasteiger partial charge in [0.1, 0.15) is 11.5 Å². The molecule has 0 bridgehead atoms. The Kier molecular flexibility index (Phi) is 7.41. The molecular formula is C27H38N6O4. The van der Waals surface area contributed by atoms with E-state index in [0.717, 1.165) is 79.6 Å². The standard InChI is InChI=1S/C27H38N6O4/c1-28-27(35)33-6-5-20-21(15-30(2)26(34)22(20)17-33)18-11-24(36-3)23(25(12-18)37-4)16-31-7-9-32(10-8-31)19-13-29-14-19/h11-12,15,19,29H,5-10,13-14,16-17H2,1-4H3,(H,28,35). The zero-order chi connectivity index (χ0) is 26.1. The number of carbonyl (C=O) groups excluding carboxylic acids is 1. The van der Waals surface area contributed by atoms with Gasteiger partial charge in [-0.25, -0.2) is 4.79 Å². The number of nitrogens with zero attached hydrogens (tertiary/aromatic N) is 4. The highest BCUT2D eigenvalue weighted by Gasteiger charge is 2.29. The van der Waals surface area contributed by atoms with Gasteiger partial charge in [-0.15, -0.1) is 0 Å². The quantitative estimate of drug-likeness (QED) is 0.596. The molecule has 1 aromatic heterocycles. The van der Waals surface area contributed by atoms with Crippen molar-refractivity contribution in [2.24, 2.45) is 7.05 Å². The number of carbonyl (C=O) groups is 1. The SMILES string of the molecule is CNC(=O)N1CCc2c(-c3cc(OC)c(CN4CCN(C5CNC5)CC4)c(OC)c3)cn(C)c(=O)c2C1. The van der Waals surface area contributed by atoms with Crippen molar-refractivity contribution in [3.8, 4) is 22.6 Å². The molecule has 0 saturated carbocycles. The van der Waals surface area contributed by atoms with Crippen LogP contribution in [-0.4, -0.2) is 98.4 Å². The third-order valence-corrected chi connectivity index (χ3v) is 8.06. The second-order valence-electron chi connectivity index (χ2n) is 10.1. The summed E-state index contributed by atoms with van der Waals surface area (Å²) in [6.07, 6.45) is 2.50. The summed E-state index contributed by atoms with van der Waals surface area (Å²) in [6.45, 7) is 7.99. The number of hydrogen-bond donors (Lipinski definition) is 2. The lowest BCUT2D eigenvalue weighted by Crippen LogP contribution is -2.61. The van der Waals surface area contributed by atoms with Crippen LogP contribution in [0.25, 0.3) is 11.1 Å². The van der Waals surface area contributed by atoms with Gasteiger partial charge in [0.25, 0.3) is 5.56 Å². The van der Waals surface area contributed by atoms with Crippen molar-refractivity contribution in [3.63, 3.8) is 0 Å². The summed E-state index contributed by atoms with van der Waals surface area (Å²) < 4.78 is 13.4. The van der Waals surface area contributed by atoms with Crippen LogP contribution in [0.4, 0.5) is 4.79 Å². The molecule has 0 radical (unpaired) electrons. The van der Waals surface area contributed by atoms with E-state index in [0.29, 0.717) is 31.1 Å². The maximum absolute atomic E-state index is 13.0. The van der Waals surface area contributed by atoms with Gasteiger partial charge in [-0.1, -0.05) is 0 Å². The van der Waals surface area contributed by atoms with Crippen molar-refractivity contribution in [3.05, 3.63) is 45.4 Å². The first-order valence-electron chi connectivity index (χ1n) is 13.0. The lowest BCUT2D eigenvalue weighted by Gasteiger charge is -2.43. The van der Waals surface area contributed by atoms with Crippen molar-refractivity contribution in [2.75, 3.05) is 67.1 Å². The fraction of sp³-hybridized carbons (Fsp3) is 0.556. The fourth-order valence-corrected chi connectivity index (χ4v) is 5.72. The Labute approximate surface area is 218 Å². The number of methoxy groups -OCH3 is 2. The van der Waals surface area contributed by atoms with Gasteiger partial charge >= 0.3 is 6.03 Å². The Morgan fingerprint density at radius 3 is 2.30 bits per heavy atom. The van der Waals surface area contributed by atoms with Crippen molar-refractivity contribution in [1.82, 2.24) is 29.9 Å². The van der Waals surface area contributed by atoms with Crippen molar-refractivity contribution in [2.45, 2.75) is 25.6 Å². The molecule has 5 rings (SSSR count). The number of urea groups is 1. The van der Waals surface area contributed by atoms with E-state index >= 15 is 0 Å². The topological polar surface area (TPSA) is 91.3 Å². The number of pyridine rings is 1. The molecule has 200 valence electrons. The molecule has 2 saturated heterocycles. The van der Waals surface area contributed by atoms with Gasteiger partial charge in [0, 0.05) is 89.8 Å². The van der Waals surface area contributed by atoms with E-state index in [4.69, 9.17) is 9.47 Å². The van der Waals surface area contributed by atoms with Crippen molar-refractivity contribution < 1.29 is 14.3 Å². The molecule has 4 heterocycles. The molecule has 37 heavy (non-hydrogen) atoms. The summed E-state index contributed by atoms with van der Waals surface area (Å²) in [5, 5.41) is 6.03. The Morgan fingerprint density at radius 2 is 1.73 bits per heavy atom. The molecule has 0 atom stereocenters. The van der Waals surface area contributed by atoms with E-state index in [9.17, 15) is 9.59 Å². The molecule has 2 fully saturated rings. The predicted octanol–water partition coefficient (Wildman–Crippen LogP) is 0.856. The first-order chi connectivity index (χ1) is 17.9.